The lowest BCUT2D eigenvalue weighted by molar-refractivity contribution is 0.105. The molecule has 0 bridgehead atoms. The van der Waals surface area contributed by atoms with Gasteiger partial charge in [-0.05, 0) is 42.0 Å². The van der Waals surface area contributed by atoms with E-state index in [1.807, 2.05) is 81.4 Å². The molecule has 0 spiro atoms. The molecular weight excluding hydrogens is 326 g/mol. The van der Waals surface area contributed by atoms with Gasteiger partial charge in [-0.1, -0.05) is 42.0 Å². The molecule has 0 amide bonds. The maximum atomic E-state index is 13.2. The van der Waals surface area contributed by atoms with Crippen molar-refractivity contribution >= 4 is 11.4 Å². The highest BCUT2D eigenvalue weighted by molar-refractivity contribution is 6.28. The molecule has 3 rings (SSSR count). The molecule has 132 valence electrons. The first-order valence-corrected chi connectivity index (χ1v) is 8.31. The fourth-order valence-corrected chi connectivity index (χ4v) is 2.66. The predicted octanol–water partition coefficient (Wildman–Crippen LogP) is 3.06. The minimum absolute atomic E-state index is 0.111. The molecule has 0 saturated carbocycles. The molecule has 26 heavy (non-hydrogen) atoms. The summed E-state index contributed by atoms with van der Waals surface area (Å²) in [7, 11) is 3.73. The summed E-state index contributed by atoms with van der Waals surface area (Å²) < 4.78 is 1.59. The minimum Gasteiger partial charge on any atom is -0.383 e. The van der Waals surface area contributed by atoms with Gasteiger partial charge in [-0.15, -0.1) is 5.10 Å². The number of allylic oxidation sites excluding steroid dienone is 1. The third-order valence-corrected chi connectivity index (χ3v) is 4.01. The molecule has 0 unspecified atom stereocenters. The van der Waals surface area contributed by atoms with Crippen molar-refractivity contribution in [2.24, 2.45) is 0 Å². The van der Waals surface area contributed by atoms with Crippen LogP contribution in [0, 0.1) is 13.8 Å². The van der Waals surface area contributed by atoms with Gasteiger partial charge in [0.25, 0.3) is 0 Å². The molecular formula is C20H21N5O. The molecule has 0 saturated heterocycles. The van der Waals surface area contributed by atoms with Gasteiger partial charge in [0, 0.05) is 25.9 Å². The monoisotopic (exact) mass is 347 g/mol. The van der Waals surface area contributed by atoms with E-state index in [4.69, 9.17) is 0 Å². The van der Waals surface area contributed by atoms with Gasteiger partial charge in [-0.2, -0.15) is 4.68 Å². The Hall–Kier alpha value is -3.28. The van der Waals surface area contributed by atoms with Gasteiger partial charge < -0.3 is 4.90 Å². The molecule has 0 aliphatic carbocycles. The highest BCUT2D eigenvalue weighted by Gasteiger charge is 2.23. The summed E-state index contributed by atoms with van der Waals surface area (Å²) in [4.78, 5) is 15.1. The molecule has 0 aliphatic heterocycles. The SMILES string of the molecule is Cc1ccc(-n2nnnc2/C(=C/N(C)C)C(=O)c2ccccc2C)cc1. The second-order valence-corrected chi connectivity index (χ2v) is 6.40. The lowest BCUT2D eigenvalue weighted by Crippen LogP contribution is -2.14. The topological polar surface area (TPSA) is 63.9 Å². The molecule has 0 atom stereocenters. The zero-order chi connectivity index (χ0) is 18.7. The normalized spacial score (nSPS) is 11.5. The van der Waals surface area contributed by atoms with Crippen LogP contribution in [-0.2, 0) is 0 Å². The number of Topliss-reactive ketones (excluding diaryl/α,β-unsaturated/α-hetero) is 1. The Morgan fingerprint density at radius 3 is 2.38 bits per heavy atom. The number of carbonyl (C=O) groups is 1. The molecule has 0 aliphatic rings. The lowest BCUT2D eigenvalue weighted by Gasteiger charge is -2.13. The summed E-state index contributed by atoms with van der Waals surface area (Å²) in [6, 6.07) is 15.3. The molecule has 2 aromatic carbocycles. The summed E-state index contributed by atoms with van der Waals surface area (Å²) in [5.74, 6) is 0.302. The van der Waals surface area contributed by atoms with E-state index in [0.717, 1.165) is 16.8 Å². The van der Waals surface area contributed by atoms with Crippen LogP contribution in [0.4, 0.5) is 0 Å². The smallest absolute Gasteiger partial charge is 0.198 e. The highest BCUT2D eigenvalue weighted by atomic mass is 16.1. The molecule has 1 aromatic heterocycles. The number of nitrogens with zero attached hydrogens (tertiary/aromatic N) is 5. The molecule has 0 fully saturated rings. The average molecular weight is 347 g/mol. The fourth-order valence-electron chi connectivity index (χ4n) is 2.66. The zero-order valence-electron chi connectivity index (χ0n) is 15.3. The van der Waals surface area contributed by atoms with Crippen LogP contribution in [0.2, 0.25) is 0 Å². The second kappa shape index (κ2) is 7.31. The van der Waals surface area contributed by atoms with Crippen molar-refractivity contribution < 1.29 is 4.79 Å². The van der Waals surface area contributed by atoms with Gasteiger partial charge in [0.05, 0.1) is 11.3 Å². The van der Waals surface area contributed by atoms with Crippen molar-refractivity contribution in [1.82, 2.24) is 25.1 Å². The Labute approximate surface area is 152 Å². The average Bonchev–Trinajstić information content (AvgIpc) is 3.09. The number of rotatable bonds is 5. The van der Waals surface area contributed by atoms with Gasteiger partial charge in [0.2, 0.25) is 0 Å². The van der Waals surface area contributed by atoms with Crippen LogP contribution in [0.15, 0.2) is 54.7 Å². The van der Waals surface area contributed by atoms with E-state index < -0.39 is 0 Å². The Morgan fingerprint density at radius 1 is 1.04 bits per heavy atom. The lowest BCUT2D eigenvalue weighted by atomic mass is 9.99. The largest absolute Gasteiger partial charge is 0.383 e. The van der Waals surface area contributed by atoms with Crippen molar-refractivity contribution in [2.75, 3.05) is 14.1 Å². The number of tetrazole rings is 1. The summed E-state index contributed by atoms with van der Waals surface area (Å²) >= 11 is 0. The Bertz CT molecular complexity index is 954. The van der Waals surface area contributed by atoms with Crippen LogP contribution in [0.1, 0.15) is 27.3 Å². The van der Waals surface area contributed by atoms with E-state index in [9.17, 15) is 4.79 Å². The summed E-state index contributed by atoms with van der Waals surface area (Å²) in [6.07, 6.45) is 1.76. The minimum atomic E-state index is -0.111. The zero-order valence-corrected chi connectivity index (χ0v) is 15.3. The van der Waals surface area contributed by atoms with Crippen LogP contribution < -0.4 is 0 Å². The van der Waals surface area contributed by atoms with Crippen LogP contribution in [0.3, 0.4) is 0 Å². The van der Waals surface area contributed by atoms with Gasteiger partial charge in [-0.3, -0.25) is 4.79 Å². The fraction of sp³-hybridized carbons (Fsp3) is 0.200. The van der Waals surface area contributed by atoms with Crippen molar-refractivity contribution in [3.8, 4) is 5.69 Å². The van der Waals surface area contributed by atoms with Crippen LogP contribution >= 0.6 is 0 Å². The third-order valence-electron chi connectivity index (χ3n) is 4.01. The molecule has 0 radical (unpaired) electrons. The van der Waals surface area contributed by atoms with Crippen LogP contribution in [0.25, 0.3) is 11.3 Å². The number of aromatic nitrogens is 4. The van der Waals surface area contributed by atoms with Crippen molar-refractivity contribution in [2.45, 2.75) is 13.8 Å². The number of benzene rings is 2. The molecule has 6 heteroatoms. The van der Waals surface area contributed by atoms with E-state index in [1.165, 1.54) is 0 Å². The predicted molar refractivity (Wildman–Crippen MR) is 101 cm³/mol. The quantitative estimate of drug-likeness (QED) is 0.524. The van der Waals surface area contributed by atoms with E-state index in [-0.39, 0.29) is 5.78 Å². The van der Waals surface area contributed by atoms with Gasteiger partial charge in [-0.25, -0.2) is 0 Å². The first-order valence-electron chi connectivity index (χ1n) is 8.31. The van der Waals surface area contributed by atoms with Crippen LogP contribution in [0.5, 0.6) is 0 Å². The standard InChI is InChI=1S/C20H21N5O/c1-14-9-11-16(12-10-14)25-20(21-22-23-25)18(13-24(3)4)19(26)17-8-6-5-7-15(17)2/h5-13H,1-4H3/b18-13+. The Balaban J connectivity index is 2.11. The molecule has 1 heterocycles. The molecule has 0 N–H and O–H groups in total. The van der Waals surface area contributed by atoms with Gasteiger partial charge >= 0.3 is 0 Å². The first-order chi connectivity index (χ1) is 12.5. The van der Waals surface area contributed by atoms with E-state index in [2.05, 4.69) is 15.5 Å². The van der Waals surface area contributed by atoms with Crippen molar-refractivity contribution in [3.05, 3.63) is 77.2 Å². The van der Waals surface area contributed by atoms with E-state index in [1.54, 1.807) is 10.9 Å². The number of aryl methyl sites for hydroxylation is 2. The van der Waals surface area contributed by atoms with E-state index >= 15 is 0 Å². The number of ketones is 1. The van der Waals surface area contributed by atoms with E-state index in [0.29, 0.717) is 17.0 Å². The van der Waals surface area contributed by atoms with Crippen molar-refractivity contribution in [3.63, 3.8) is 0 Å². The highest BCUT2D eigenvalue weighted by Crippen LogP contribution is 2.22. The second-order valence-electron chi connectivity index (χ2n) is 6.40. The number of hydrogen-bond acceptors (Lipinski definition) is 5. The van der Waals surface area contributed by atoms with Gasteiger partial charge in [0.15, 0.2) is 11.6 Å². The summed E-state index contributed by atoms with van der Waals surface area (Å²) in [5.41, 5.74) is 3.94. The van der Waals surface area contributed by atoms with Crippen molar-refractivity contribution in [1.29, 1.82) is 0 Å². The number of carbonyl (C=O) groups excluding carboxylic acids is 1. The first kappa shape index (κ1) is 17.5. The van der Waals surface area contributed by atoms with Crippen LogP contribution in [-0.4, -0.2) is 45.0 Å². The number of hydrogen-bond donors (Lipinski definition) is 0. The maximum absolute atomic E-state index is 13.2. The van der Waals surface area contributed by atoms with Gasteiger partial charge in [0.1, 0.15) is 0 Å². The Morgan fingerprint density at radius 2 is 1.73 bits per heavy atom. The summed E-state index contributed by atoms with van der Waals surface area (Å²) in [5, 5.41) is 12.0. The molecule has 6 nitrogen and oxygen atoms in total. The third kappa shape index (κ3) is 3.54. The Kier molecular flexibility index (Phi) is 4.93. The summed E-state index contributed by atoms with van der Waals surface area (Å²) in [6.45, 7) is 3.94. The maximum Gasteiger partial charge on any atom is 0.198 e. The molecule has 3 aromatic rings.